The van der Waals surface area contributed by atoms with Crippen molar-refractivity contribution in [3.05, 3.63) is 64.0 Å². The number of carbonyl (C=O) groups excluding carboxylic acids is 1. The number of nitrogens with zero attached hydrogens (tertiary/aromatic N) is 4. The lowest BCUT2D eigenvalue weighted by Gasteiger charge is -2.38. The van der Waals surface area contributed by atoms with E-state index in [1.807, 2.05) is 25.1 Å². The average molecular weight is 462 g/mol. The smallest absolute Gasteiger partial charge is 0.338 e. The lowest BCUT2D eigenvalue weighted by molar-refractivity contribution is 0.0535. The van der Waals surface area contributed by atoms with Crippen molar-refractivity contribution in [3.8, 4) is 23.2 Å². The lowest BCUT2D eigenvalue weighted by Crippen LogP contribution is -2.50. The van der Waals surface area contributed by atoms with Gasteiger partial charge in [-0.2, -0.15) is 5.26 Å². The van der Waals surface area contributed by atoms with Crippen molar-refractivity contribution in [1.82, 2.24) is 20.4 Å². The number of hydrogen-bond donors (Lipinski definition) is 1. The molecular formula is C25H25N5O4. The fourth-order valence-corrected chi connectivity index (χ4v) is 4.60. The molecule has 5 rings (SSSR count). The zero-order valence-electron chi connectivity index (χ0n) is 21.1. The van der Waals surface area contributed by atoms with E-state index in [9.17, 15) is 4.79 Å². The molecule has 1 unspecified atom stereocenters. The van der Waals surface area contributed by atoms with E-state index in [1.54, 1.807) is 12.1 Å². The number of hydrogen-bond acceptors (Lipinski definition) is 9. The van der Waals surface area contributed by atoms with Gasteiger partial charge in [0.1, 0.15) is 29.6 Å². The zero-order valence-corrected chi connectivity index (χ0v) is 19.1. The minimum Gasteiger partial charge on any atom is -0.495 e. The van der Waals surface area contributed by atoms with Crippen LogP contribution < -0.4 is 10.1 Å². The van der Waals surface area contributed by atoms with Crippen LogP contribution in [-0.4, -0.2) is 47.3 Å². The zero-order chi connectivity index (χ0) is 25.6. The van der Waals surface area contributed by atoms with Crippen LogP contribution in [0.15, 0.2) is 35.0 Å². The van der Waals surface area contributed by atoms with Gasteiger partial charge in [-0.3, -0.25) is 9.88 Å². The highest BCUT2D eigenvalue weighted by molar-refractivity contribution is 5.94. The average Bonchev–Trinajstić information content (AvgIpc) is 3.39. The van der Waals surface area contributed by atoms with E-state index in [1.165, 1.54) is 13.3 Å². The van der Waals surface area contributed by atoms with Crippen LogP contribution in [-0.2, 0) is 17.8 Å². The molecule has 0 bridgehead atoms. The Kier molecular flexibility index (Phi) is 5.15. The number of piperazine rings is 1. The molecule has 9 heteroatoms. The number of rotatable bonds is 5. The third-order valence-corrected chi connectivity index (χ3v) is 6.21. The third-order valence-electron chi connectivity index (χ3n) is 6.21. The van der Waals surface area contributed by atoms with Gasteiger partial charge in [0, 0.05) is 49.1 Å². The minimum absolute atomic E-state index is 0.0719. The Morgan fingerprint density at radius 2 is 2.21 bits per heavy atom. The van der Waals surface area contributed by atoms with Crippen LogP contribution in [0.1, 0.15) is 54.1 Å². The number of fused-ring (bicyclic) bond motifs is 1. The summed E-state index contributed by atoms with van der Waals surface area (Å²) in [6.07, 6.45) is 1.45. The first-order chi connectivity index (χ1) is 17.2. The first kappa shape index (κ1) is 19.7. The van der Waals surface area contributed by atoms with Crippen LogP contribution in [0.4, 0.5) is 0 Å². The molecular weight excluding hydrogens is 434 g/mol. The van der Waals surface area contributed by atoms with Crippen LogP contribution in [0.25, 0.3) is 11.4 Å². The van der Waals surface area contributed by atoms with Gasteiger partial charge in [0.05, 0.1) is 27.7 Å². The molecule has 2 aliphatic rings. The van der Waals surface area contributed by atoms with Crippen molar-refractivity contribution >= 4 is 5.97 Å². The molecule has 0 amide bonds. The van der Waals surface area contributed by atoms with Crippen LogP contribution >= 0.6 is 0 Å². The summed E-state index contributed by atoms with van der Waals surface area (Å²) < 4.78 is 32.1. The topological polar surface area (TPSA) is 114 Å². The molecule has 0 aliphatic carbocycles. The minimum atomic E-state index is -2.13. The van der Waals surface area contributed by atoms with E-state index in [4.69, 9.17) is 22.0 Å². The fourth-order valence-electron chi connectivity index (χ4n) is 4.60. The molecule has 3 aromatic rings. The summed E-state index contributed by atoms with van der Waals surface area (Å²) >= 11 is 0. The molecule has 2 aromatic heterocycles. The van der Waals surface area contributed by atoms with E-state index < -0.39 is 12.5 Å². The van der Waals surface area contributed by atoms with Crippen molar-refractivity contribution < 1.29 is 21.5 Å². The predicted octanol–water partition coefficient (Wildman–Crippen LogP) is 3.13. The molecule has 2 aliphatic heterocycles. The number of ether oxygens (including phenoxy) is 2. The molecule has 1 saturated heterocycles. The Morgan fingerprint density at radius 1 is 1.35 bits per heavy atom. The van der Waals surface area contributed by atoms with Gasteiger partial charge in [-0.15, -0.1) is 0 Å². The highest BCUT2D eigenvalue weighted by Gasteiger charge is 2.30. The molecule has 0 spiro atoms. The van der Waals surface area contributed by atoms with Gasteiger partial charge < -0.3 is 19.3 Å². The van der Waals surface area contributed by atoms with Gasteiger partial charge >= 0.3 is 5.97 Å². The largest absolute Gasteiger partial charge is 0.495 e. The number of nitriles is 1. The summed E-state index contributed by atoms with van der Waals surface area (Å²) in [4.78, 5) is 18.6. The van der Waals surface area contributed by atoms with E-state index in [-0.39, 0.29) is 17.6 Å². The van der Waals surface area contributed by atoms with Crippen molar-refractivity contribution in [2.24, 2.45) is 0 Å². The first-order valence-corrected chi connectivity index (χ1v) is 11.0. The maximum atomic E-state index is 12.1. The summed E-state index contributed by atoms with van der Waals surface area (Å²) in [5.74, 6) is 0.461. The van der Waals surface area contributed by atoms with E-state index in [2.05, 4.69) is 27.3 Å². The number of pyridine rings is 1. The monoisotopic (exact) mass is 461 g/mol. The quantitative estimate of drug-likeness (QED) is 0.572. The second kappa shape index (κ2) is 8.89. The second-order valence-electron chi connectivity index (χ2n) is 8.57. The second-order valence-corrected chi connectivity index (χ2v) is 8.57. The molecule has 1 N–H and O–H groups in total. The normalized spacial score (nSPS) is 22.4. The van der Waals surface area contributed by atoms with Gasteiger partial charge in [-0.05, 0) is 31.0 Å². The van der Waals surface area contributed by atoms with Crippen molar-refractivity contribution in [3.63, 3.8) is 0 Å². The molecule has 0 saturated carbocycles. The van der Waals surface area contributed by atoms with E-state index >= 15 is 0 Å². The Bertz CT molecular complexity index is 1380. The molecule has 1 aromatic carbocycles. The third kappa shape index (κ3) is 4.02. The summed E-state index contributed by atoms with van der Waals surface area (Å²) in [6, 6.07) is 9.15. The van der Waals surface area contributed by atoms with Gasteiger partial charge in [-0.25, -0.2) is 4.79 Å². The maximum absolute atomic E-state index is 12.1. The number of benzene rings is 1. The lowest BCUT2D eigenvalue weighted by atomic mass is 9.92. The van der Waals surface area contributed by atoms with Crippen LogP contribution in [0.3, 0.4) is 0 Å². The van der Waals surface area contributed by atoms with Crippen molar-refractivity contribution in [2.45, 2.75) is 39.0 Å². The van der Waals surface area contributed by atoms with Crippen LogP contribution in [0, 0.1) is 18.3 Å². The SMILES string of the molecule is [2H]C1([2H])OC(=O)c2ccc(C3CN(Cc4cc(-c5cc(OC)c(C#N)cn5)no4)C[C@H](C)N3)c(C)c21. The number of cyclic esters (lactones) is 1. The van der Waals surface area contributed by atoms with E-state index in [0.717, 1.165) is 17.7 Å². The molecule has 34 heavy (non-hydrogen) atoms. The Labute approximate surface area is 200 Å². The number of methoxy groups -OCH3 is 1. The van der Waals surface area contributed by atoms with Gasteiger partial charge in [0.2, 0.25) is 0 Å². The molecule has 2 atom stereocenters. The summed E-state index contributed by atoms with van der Waals surface area (Å²) in [5.41, 5.74) is 3.68. The number of carbonyl (C=O) groups is 1. The highest BCUT2D eigenvalue weighted by Crippen LogP contribution is 2.31. The fraction of sp³-hybridized carbons (Fsp3) is 0.360. The molecule has 0 radical (unpaired) electrons. The van der Waals surface area contributed by atoms with Gasteiger partial charge in [0.25, 0.3) is 0 Å². The van der Waals surface area contributed by atoms with Crippen molar-refractivity contribution in [1.29, 1.82) is 5.26 Å². The Balaban J connectivity index is 1.35. The van der Waals surface area contributed by atoms with E-state index in [0.29, 0.717) is 47.1 Å². The number of nitrogens with one attached hydrogen (secondary N) is 1. The molecule has 174 valence electrons. The number of aromatic nitrogens is 2. The van der Waals surface area contributed by atoms with Crippen molar-refractivity contribution in [2.75, 3.05) is 20.2 Å². The number of esters is 1. The molecule has 1 fully saturated rings. The summed E-state index contributed by atoms with van der Waals surface area (Å²) in [6.45, 7) is 3.75. The molecule has 4 heterocycles. The summed E-state index contributed by atoms with van der Waals surface area (Å²) in [5, 5.41) is 16.9. The first-order valence-electron chi connectivity index (χ1n) is 12.0. The standard InChI is InChI=1S/C25H25N5O4/c1-14-10-30(12-23(28-14)18-4-5-19-20(15(18)2)13-33-25(19)31)11-17-6-22(29-34-17)21-7-24(32-3)16(8-26)9-27-21/h4-7,9,14,23,28H,10-13H2,1-3H3/t14-,23?/m0/s1/i13D2. The van der Waals surface area contributed by atoms with Crippen LogP contribution in [0.2, 0.25) is 0 Å². The Hall–Kier alpha value is -3.74. The van der Waals surface area contributed by atoms with Gasteiger partial charge in [-0.1, -0.05) is 11.2 Å². The highest BCUT2D eigenvalue weighted by atomic mass is 16.5. The molecule has 9 nitrogen and oxygen atoms in total. The Morgan fingerprint density at radius 3 is 3.00 bits per heavy atom. The maximum Gasteiger partial charge on any atom is 0.338 e. The van der Waals surface area contributed by atoms with Crippen LogP contribution in [0.5, 0.6) is 5.75 Å². The predicted molar refractivity (Wildman–Crippen MR) is 122 cm³/mol. The summed E-state index contributed by atoms with van der Waals surface area (Å²) in [7, 11) is 1.50. The van der Waals surface area contributed by atoms with Gasteiger partial charge in [0.15, 0.2) is 5.76 Å².